The Morgan fingerprint density at radius 1 is 1.36 bits per heavy atom. The van der Waals surface area contributed by atoms with Gasteiger partial charge in [-0.2, -0.15) is 0 Å². The van der Waals surface area contributed by atoms with Gasteiger partial charge in [-0.25, -0.2) is 0 Å². The first-order chi connectivity index (χ1) is 10.6. The number of benzene rings is 1. The highest BCUT2D eigenvalue weighted by atomic mass is 35.5. The number of esters is 1. The van der Waals surface area contributed by atoms with Crippen molar-refractivity contribution >= 4 is 17.6 Å². The first kappa shape index (κ1) is 17.1. The predicted octanol–water partition coefficient (Wildman–Crippen LogP) is 3.30. The van der Waals surface area contributed by atoms with Crippen LogP contribution in [0.15, 0.2) is 18.2 Å². The quantitative estimate of drug-likeness (QED) is 0.752. The molecule has 22 heavy (non-hydrogen) atoms. The first-order valence-corrected chi connectivity index (χ1v) is 8.26. The Morgan fingerprint density at radius 2 is 2.09 bits per heavy atom. The number of likely N-dealkylation sites (tertiary alicyclic amines) is 1. The second-order valence-corrected chi connectivity index (χ2v) is 6.06. The van der Waals surface area contributed by atoms with Crippen LogP contribution in [0.1, 0.15) is 25.3 Å². The molecule has 0 bridgehead atoms. The van der Waals surface area contributed by atoms with Crippen molar-refractivity contribution in [2.24, 2.45) is 5.92 Å². The lowest BCUT2D eigenvalue weighted by atomic mass is 9.97. The maximum absolute atomic E-state index is 11.7. The molecule has 1 aliphatic heterocycles. The van der Waals surface area contributed by atoms with Gasteiger partial charge in [0.2, 0.25) is 0 Å². The summed E-state index contributed by atoms with van der Waals surface area (Å²) in [6.07, 6.45) is 1.75. The van der Waals surface area contributed by atoms with E-state index in [1.54, 1.807) is 0 Å². The van der Waals surface area contributed by atoms with Gasteiger partial charge in [0.15, 0.2) is 0 Å². The molecular weight excluding hydrogens is 302 g/mol. The molecule has 0 N–H and O–H groups in total. The molecule has 1 fully saturated rings. The minimum absolute atomic E-state index is 0.0461. The molecule has 1 aromatic rings. The highest BCUT2D eigenvalue weighted by Gasteiger charge is 2.25. The van der Waals surface area contributed by atoms with Crippen LogP contribution in [0.3, 0.4) is 0 Å². The molecule has 5 heteroatoms. The normalized spacial score (nSPS) is 16.5. The Morgan fingerprint density at radius 3 is 2.73 bits per heavy atom. The van der Waals surface area contributed by atoms with Crippen molar-refractivity contribution in [1.82, 2.24) is 4.90 Å². The smallest absolute Gasteiger partial charge is 0.309 e. The predicted molar refractivity (Wildman–Crippen MR) is 87.5 cm³/mol. The number of halogens is 1. The zero-order chi connectivity index (χ0) is 15.9. The Labute approximate surface area is 137 Å². The molecule has 0 spiro atoms. The maximum atomic E-state index is 11.7. The number of carbonyl (C=O) groups excluding carboxylic acids is 1. The molecule has 0 unspecified atom stereocenters. The molecule has 0 aromatic heterocycles. The van der Waals surface area contributed by atoms with Crippen LogP contribution in [-0.2, 0) is 9.53 Å². The van der Waals surface area contributed by atoms with Gasteiger partial charge in [-0.15, -0.1) is 0 Å². The molecule has 122 valence electrons. The molecule has 0 radical (unpaired) electrons. The second kappa shape index (κ2) is 8.39. The average Bonchev–Trinajstić information content (AvgIpc) is 2.50. The summed E-state index contributed by atoms with van der Waals surface area (Å²) in [5.74, 6) is 0.900. The third-order valence-electron chi connectivity index (χ3n) is 4.01. The van der Waals surface area contributed by atoms with Gasteiger partial charge in [0.25, 0.3) is 0 Å². The van der Waals surface area contributed by atoms with Crippen molar-refractivity contribution in [3.63, 3.8) is 0 Å². The van der Waals surface area contributed by atoms with E-state index in [0.717, 1.165) is 48.8 Å². The molecule has 1 aromatic carbocycles. The van der Waals surface area contributed by atoms with E-state index in [0.29, 0.717) is 13.2 Å². The van der Waals surface area contributed by atoms with Crippen molar-refractivity contribution in [1.29, 1.82) is 0 Å². The van der Waals surface area contributed by atoms with Crippen LogP contribution in [0.2, 0.25) is 5.02 Å². The summed E-state index contributed by atoms with van der Waals surface area (Å²) in [6, 6.07) is 5.65. The van der Waals surface area contributed by atoms with E-state index in [9.17, 15) is 4.79 Å². The van der Waals surface area contributed by atoms with E-state index >= 15 is 0 Å². The average molecular weight is 326 g/mol. The molecule has 2 rings (SSSR count). The first-order valence-electron chi connectivity index (χ1n) is 7.88. The number of ether oxygens (including phenoxy) is 2. The summed E-state index contributed by atoms with van der Waals surface area (Å²) in [4.78, 5) is 14.0. The summed E-state index contributed by atoms with van der Waals surface area (Å²) < 4.78 is 10.9. The van der Waals surface area contributed by atoms with Crippen LogP contribution in [0.4, 0.5) is 0 Å². The molecule has 1 aliphatic rings. The fourth-order valence-electron chi connectivity index (χ4n) is 2.71. The van der Waals surface area contributed by atoms with E-state index < -0.39 is 0 Å². The van der Waals surface area contributed by atoms with Gasteiger partial charge in [-0.1, -0.05) is 11.6 Å². The lowest BCUT2D eigenvalue weighted by Gasteiger charge is -2.30. The van der Waals surface area contributed by atoms with Gasteiger partial charge in [-0.05, 0) is 63.5 Å². The fourth-order valence-corrected chi connectivity index (χ4v) is 2.94. The molecule has 1 heterocycles. The number of hydrogen-bond acceptors (Lipinski definition) is 4. The van der Waals surface area contributed by atoms with Gasteiger partial charge in [0.1, 0.15) is 12.4 Å². The van der Waals surface area contributed by atoms with Crippen molar-refractivity contribution in [3.05, 3.63) is 28.8 Å². The summed E-state index contributed by atoms with van der Waals surface area (Å²) in [5, 5.41) is 0.728. The third-order valence-corrected chi connectivity index (χ3v) is 4.24. The molecule has 4 nitrogen and oxygen atoms in total. The topological polar surface area (TPSA) is 38.8 Å². The number of piperidine rings is 1. The van der Waals surface area contributed by atoms with Gasteiger partial charge in [0, 0.05) is 11.6 Å². The Kier molecular flexibility index (Phi) is 6.52. The van der Waals surface area contributed by atoms with Gasteiger partial charge < -0.3 is 9.47 Å². The number of aryl methyl sites for hydroxylation is 1. The highest BCUT2D eigenvalue weighted by Crippen LogP contribution is 2.22. The SMILES string of the molecule is CCOC(=O)C1CCN(CCOc2ccc(Cl)cc2C)CC1. The molecule has 0 atom stereocenters. The van der Waals surface area contributed by atoms with Gasteiger partial charge >= 0.3 is 5.97 Å². The fraction of sp³-hybridized carbons (Fsp3) is 0.588. The van der Waals surface area contributed by atoms with Crippen LogP contribution in [0, 0.1) is 12.8 Å². The lowest BCUT2D eigenvalue weighted by molar-refractivity contribution is -0.149. The minimum atomic E-state index is -0.0461. The van der Waals surface area contributed by atoms with E-state index in [2.05, 4.69) is 4.90 Å². The zero-order valence-corrected chi connectivity index (χ0v) is 14.1. The number of carbonyl (C=O) groups is 1. The van der Waals surface area contributed by atoms with Crippen molar-refractivity contribution in [2.75, 3.05) is 32.8 Å². The van der Waals surface area contributed by atoms with Crippen molar-refractivity contribution < 1.29 is 14.3 Å². The van der Waals surface area contributed by atoms with Gasteiger partial charge in [-0.3, -0.25) is 9.69 Å². The zero-order valence-electron chi connectivity index (χ0n) is 13.3. The molecule has 0 aliphatic carbocycles. The molecule has 1 saturated heterocycles. The van der Waals surface area contributed by atoms with Crippen LogP contribution in [-0.4, -0.2) is 43.7 Å². The number of nitrogens with zero attached hydrogens (tertiary/aromatic N) is 1. The van der Waals surface area contributed by atoms with Crippen molar-refractivity contribution in [3.8, 4) is 5.75 Å². The molecular formula is C17H24ClNO3. The van der Waals surface area contributed by atoms with Crippen LogP contribution < -0.4 is 4.74 Å². The monoisotopic (exact) mass is 325 g/mol. The standard InChI is InChI=1S/C17H24ClNO3/c1-3-21-17(20)14-6-8-19(9-7-14)10-11-22-16-5-4-15(18)12-13(16)2/h4-5,12,14H,3,6-11H2,1-2H3. The maximum Gasteiger partial charge on any atom is 0.309 e. The third kappa shape index (κ3) is 4.89. The Hall–Kier alpha value is -1.26. The minimum Gasteiger partial charge on any atom is -0.492 e. The highest BCUT2D eigenvalue weighted by molar-refractivity contribution is 6.30. The summed E-state index contributed by atoms with van der Waals surface area (Å²) in [7, 11) is 0. The molecule has 0 amide bonds. The Bertz CT molecular complexity index is 499. The van der Waals surface area contributed by atoms with E-state index in [1.165, 1.54) is 0 Å². The van der Waals surface area contributed by atoms with E-state index in [4.69, 9.17) is 21.1 Å². The van der Waals surface area contributed by atoms with Crippen LogP contribution >= 0.6 is 11.6 Å². The number of hydrogen-bond donors (Lipinski definition) is 0. The lowest BCUT2D eigenvalue weighted by Crippen LogP contribution is -2.39. The summed E-state index contributed by atoms with van der Waals surface area (Å²) in [5.41, 5.74) is 1.05. The second-order valence-electron chi connectivity index (χ2n) is 5.63. The Balaban J connectivity index is 1.70. The summed E-state index contributed by atoms with van der Waals surface area (Å²) in [6.45, 7) is 7.67. The van der Waals surface area contributed by atoms with E-state index in [1.807, 2.05) is 32.0 Å². The van der Waals surface area contributed by atoms with Gasteiger partial charge in [0.05, 0.1) is 12.5 Å². The van der Waals surface area contributed by atoms with Crippen molar-refractivity contribution in [2.45, 2.75) is 26.7 Å². The van der Waals surface area contributed by atoms with E-state index in [-0.39, 0.29) is 11.9 Å². The van der Waals surface area contributed by atoms with Crippen LogP contribution in [0.5, 0.6) is 5.75 Å². The number of rotatable bonds is 6. The van der Waals surface area contributed by atoms with Crippen LogP contribution in [0.25, 0.3) is 0 Å². The molecule has 0 saturated carbocycles. The summed E-state index contributed by atoms with van der Waals surface area (Å²) >= 11 is 5.93. The largest absolute Gasteiger partial charge is 0.492 e.